The summed E-state index contributed by atoms with van der Waals surface area (Å²) in [4.78, 5) is 24.9. The molecule has 8 heteroatoms. The first-order chi connectivity index (χ1) is 15.4. The number of aliphatic hydroxyl groups excluding tert-OH is 1. The summed E-state index contributed by atoms with van der Waals surface area (Å²) in [5.74, 6) is -0.832. The maximum Gasteiger partial charge on any atom is 0.224 e. The van der Waals surface area contributed by atoms with Gasteiger partial charge in [-0.3, -0.25) is 9.59 Å². The Kier molecular flexibility index (Phi) is 8.64. The summed E-state index contributed by atoms with van der Waals surface area (Å²) in [6.45, 7) is 1.82. The molecule has 0 saturated carbocycles. The molecule has 3 rings (SSSR count). The summed E-state index contributed by atoms with van der Waals surface area (Å²) >= 11 is 5.93. The summed E-state index contributed by atoms with van der Waals surface area (Å²) in [7, 11) is 0. The molecular weight excluding hydrogens is 430 g/mol. The first-order valence-corrected chi connectivity index (χ1v) is 11.2. The molecule has 0 heterocycles. The summed E-state index contributed by atoms with van der Waals surface area (Å²) in [6.07, 6.45) is 0.824. The molecule has 5 N–H and O–H groups in total. The van der Waals surface area contributed by atoms with Crippen LogP contribution in [0.1, 0.15) is 42.5 Å². The molecule has 0 aliphatic heterocycles. The Morgan fingerprint density at radius 2 is 1.97 bits per heavy atom. The van der Waals surface area contributed by atoms with Crippen LogP contribution >= 0.6 is 11.6 Å². The van der Waals surface area contributed by atoms with Crippen LogP contribution in [-0.2, 0) is 22.4 Å². The van der Waals surface area contributed by atoms with Crippen LogP contribution in [0.4, 0.5) is 0 Å². The molecule has 1 aliphatic rings. The lowest BCUT2D eigenvalue weighted by atomic mass is 9.84. The predicted molar refractivity (Wildman–Crippen MR) is 122 cm³/mol. The molecule has 4 atom stereocenters. The number of hydroxylamine groups is 1. The minimum Gasteiger partial charge on any atom is -0.391 e. The highest BCUT2D eigenvalue weighted by Crippen LogP contribution is 2.30. The highest BCUT2D eigenvalue weighted by atomic mass is 35.5. The van der Waals surface area contributed by atoms with Crippen molar-refractivity contribution < 1.29 is 19.9 Å². The van der Waals surface area contributed by atoms with Crippen LogP contribution in [-0.4, -0.2) is 40.8 Å². The fraction of sp³-hybridized carbons (Fsp3) is 0.417. The Morgan fingerprint density at radius 3 is 2.72 bits per heavy atom. The SMILES string of the molecule is CC(CC(O)CNC(=O)Cc1cccc(Cl)c1)C(=O)NC1CC(NO)Cc2ccccc21. The third-order valence-corrected chi connectivity index (χ3v) is 6.01. The van der Waals surface area contributed by atoms with Crippen molar-refractivity contribution in [2.45, 2.75) is 50.8 Å². The topological polar surface area (TPSA) is 111 Å². The van der Waals surface area contributed by atoms with Gasteiger partial charge in [-0.15, -0.1) is 0 Å². The molecule has 172 valence electrons. The average molecular weight is 460 g/mol. The molecule has 0 bridgehead atoms. The molecule has 0 spiro atoms. The molecule has 1 aliphatic carbocycles. The van der Waals surface area contributed by atoms with Crippen molar-refractivity contribution >= 4 is 23.4 Å². The van der Waals surface area contributed by atoms with E-state index in [9.17, 15) is 19.9 Å². The number of halogens is 1. The lowest BCUT2D eigenvalue weighted by Gasteiger charge is -2.32. The van der Waals surface area contributed by atoms with Crippen LogP contribution in [0.2, 0.25) is 5.02 Å². The predicted octanol–water partition coefficient (Wildman–Crippen LogP) is 2.54. The third-order valence-electron chi connectivity index (χ3n) is 5.78. The van der Waals surface area contributed by atoms with E-state index in [2.05, 4.69) is 16.1 Å². The van der Waals surface area contributed by atoms with E-state index >= 15 is 0 Å². The summed E-state index contributed by atoms with van der Waals surface area (Å²) in [5, 5.41) is 26.0. The smallest absolute Gasteiger partial charge is 0.224 e. The van der Waals surface area contributed by atoms with Gasteiger partial charge in [0.05, 0.1) is 18.6 Å². The van der Waals surface area contributed by atoms with Gasteiger partial charge >= 0.3 is 0 Å². The largest absolute Gasteiger partial charge is 0.391 e. The summed E-state index contributed by atoms with van der Waals surface area (Å²) < 4.78 is 0. The first kappa shape index (κ1) is 24.2. The van der Waals surface area contributed by atoms with E-state index in [-0.39, 0.29) is 43.3 Å². The fourth-order valence-corrected chi connectivity index (χ4v) is 4.31. The Balaban J connectivity index is 1.47. The lowest BCUT2D eigenvalue weighted by molar-refractivity contribution is -0.126. The van der Waals surface area contributed by atoms with Gasteiger partial charge in [0.25, 0.3) is 0 Å². The van der Waals surface area contributed by atoms with Gasteiger partial charge in [0.2, 0.25) is 11.8 Å². The van der Waals surface area contributed by atoms with E-state index in [0.717, 1.165) is 16.7 Å². The van der Waals surface area contributed by atoms with E-state index in [1.807, 2.05) is 30.3 Å². The van der Waals surface area contributed by atoms with Gasteiger partial charge in [0, 0.05) is 23.5 Å². The van der Waals surface area contributed by atoms with Crippen LogP contribution in [0.3, 0.4) is 0 Å². The number of amides is 2. The second-order valence-electron chi connectivity index (χ2n) is 8.43. The molecular formula is C24H30ClN3O4. The van der Waals surface area contributed by atoms with Crippen LogP contribution in [0.15, 0.2) is 48.5 Å². The van der Waals surface area contributed by atoms with Crippen molar-refractivity contribution in [3.05, 3.63) is 70.2 Å². The van der Waals surface area contributed by atoms with Crippen molar-refractivity contribution in [3.8, 4) is 0 Å². The number of aliphatic hydroxyl groups is 1. The maximum atomic E-state index is 12.8. The van der Waals surface area contributed by atoms with Gasteiger partial charge in [0.15, 0.2) is 0 Å². The minimum atomic E-state index is -0.843. The zero-order valence-electron chi connectivity index (χ0n) is 18.1. The maximum absolute atomic E-state index is 12.8. The monoisotopic (exact) mass is 459 g/mol. The Hall–Kier alpha value is -2.45. The Bertz CT molecular complexity index is 939. The number of hydrogen-bond acceptors (Lipinski definition) is 5. The standard InChI is InChI=1S/C24H30ClN3O4/c1-15(9-20(29)14-26-23(30)11-16-5-4-7-18(25)10-16)24(31)27-22-13-19(28-32)12-17-6-2-3-8-21(17)22/h2-8,10,15,19-20,22,28-29,32H,9,11-14H2,1H3,(H,26,30)(H,27,31). The zero-order valence-corrected chi connectivity index (χ0v) is 18.8. The van der Waals surface area contributed by atoms with Crippen molar-refractivity contribution in [2.75, 3.05) is 6.54 Å². The average Bonchev–Trinajstić information content (AvgIpc) is 2.77. The molecule has 32 heavy (non-hydrogen) atoms. The molecule has 2 aromatic rings. The highest BCUT2D eigenvalue weighted by Gasteiger charge is 2.29. The number of carbonyl (C=O) groups excluding carboxylic acids is 2. The Morgan fingerprint density at radius 1 is 1.19 bits per heavy atom. The molecule has 2 amide bonds. The van der Waals surface area contributed by atoms with E-state index in [1.54, 1.807) is 25.1 Å². The van der Waals surface area contributed by atoms with E-state index < -0.39 is 12.0 Å². The summed E-state index contributed by atoms with van der Waals surface area (Å²) in [5.41, 5.74) is 5.25. The molecule has 0 radical (unpaired) electrons. The minimum absolute atomic E-state index is 0.0692. The van der Waals surface area contributed by atoms with Crippen LogP contribution in [0, 0.1) is 5.92 Å². The van der Waals surface area contributed by atoms with Crippen molar-refractivity contribution in [2.24, 2.45) is 5.92 Å². The van der Waals surface area contributed by atoms with Gasteiger partial charge < -0.3 is 20.9 Å². The Labute approximate surface area is 193 Å². The van der Waals surface area contributed by atoms with Crippen molar-refractivity contribution in [3.63, 3.8) is 0 Å². The van der Waals surface area contributed by atoms with Crippen LogP contribution < -0.4 is 16.1 Å². The third kappa shape index (κ3) is 6.77. The van der Waals surface area contributed by atoms with Gasteiger partial charge in [-0.05, 0) is 48.1 Å². The van der Waals surface area contributed by atoms with Crippen LogP contribution in [0.5, 0.6) is 0 Å². The number of hydrogen-bond donors (Lipinski definition) is 5. The molecule has 0 aromatic heterocycles. The molecule has 0 fully saturated rings. The zero-order chi connectivity index (χ0) is 23.1. The van der Waals surface area contributed by atoms with Gasteiger partial charge in [-0.2, -0.15) is 0 Å². The van der Waals surface area contributed by atoms with Crippen LogP contribution in [0.25, 0.3) is 0 Å². The van der Waals surface area contributed by atoms with Crippen molar-refractivity contribution in [1.29, 1.82) is 0 Å². The number of fused-ring (bicyclic) bond motifs is 1. The molecule has 7 nitrogen and oxygen atoms in total. The van der Waals surface area contributed by atoms with Gasteiger partial charge in [-0.25, -0.2) is 5.48 Å². The fourth-order valence-electron chi connectivity index (χ4n) is 4.09. The molecule has 4 unspecified atom stereocenters. The number of rotatable bonds is 9. The lowest BCUT2D eigenvalue weighted by Crippen LogP contribution is -2.42. The quantitative estimate of drug-likeness (QED) is 0.370. The van der Waals surface area contributed by atoms with E-state index in [1.165, 1.54) is 0 Å². The number of benzene rings is 2. The van der Waals surface area contributed by atoms with Gasteiger partial charge in [-0.1, -0.05) is 54.9 Å². The first-order valence-electron chi connectivity index (χ1n) is 10.8. The highest BCUT2D eigenvalue weighted by molar-refractivity contribution is 6.30. The molecule has 0 saturated heterocycles. The second-order valence-corrected chi connectivity index (χ2v) is 8.86. The van der Waals surface area contributed by atoms with Gasteiger partial charge in [0.1, 0.15) is 0 Å². The normalized spacial score (nSPS) is 19.5. The molecule has 2 aromatic carbocycles. The number of nitrogens with one attached hydrogen (secondary N) is 3. The summed E-state index contributed by atoms with van der Waals surface area (Å²) in [6, 6.07) is 14.6. The number of carbonyl (C=O) groups is 2. The second kappa shape index (κ2) is 11.4. The van der Waals surface area contributed by atoms with E-state index in [0.29, 0.717) is 17.9 Å². The van der Waals surface area contributed by atoms with Crippen molar-refractivity contribution in [1.82, 2.24) is 16.1 Å². The van der Waals surface area contributed by atoms with E-state index in [4.69, 9.17) is 11.6 Å².